The maximum atomic E-state index is 12.4. The second-order valence-electron chi connectivity index (χ2n) is 5.75. The van der Waals surface area contributed by atoms with Gasteiger partial charge in [-0.05, 0) is 13.8 Å². The molecule has 3 heterocycles. The van der Waals surface area contributed by atoms with Gasteiger partial charge in [0.15, 0.2) is 5.75 Å². The molecule has 124 valence electrons. The fourth-order valence-electron chi connectivity index (χ4n) is 2.76. The molecule has 1 amide bonds. The van der Waals surface area contributed by atoms with E-state index >= 15 is 0 Å². The Morgan fingerprint density at radius 3 is 3.00 bits per heavy atom. The molecular formula is C15H21N5O3. The van der Waals surface area contributed by atoms with Crippen molar-refractivity contribution < 1.29 is 14.3 Å². The number of hydrogen-bond donors (Lipinski definition) is 2. The van der Waals surface area contributed by atoms with Gasteiger partial charge in [0, 0.05) is 18.3 Å². The van der Waals surface area contributed by atoms with Crippen LogP contribution in [0.1, 0.15) is 17.0 Å². The van der Waals surface area contributed by atoms with Crippen LogP contribution < -0.4 is 10.1 Å². The zero-order valence-electron chi connectivity index (χ0n) is 13.5. The number of carbonyl (C=O) groups excluding carboxylic acids is 1. The second-order valence-corrected chi connectivity index (χ2v) is 5.75. The smallest absolute Gasteiger partial charge is 0.224 e. The van der Waals surface area contributed by atoms with Gasteiger partial charge in [0.1, 0.15) is 6.10 Å². The maximum Gasteiger partial charge on any atom is 0.224 e. The first-order chi connectivity index (χ1) is 11.0. The molecule has 23 heavy (non-hydrogen) atoms. The average molecular weight is 319 g/mol. The van der Waals surface area contributed by atoms with Crippen LogP contribution in [0, 0.1) is 13.8 Å². The number of carbonyl (C=O) groups is 1. The number of nitrogens with zero attached hydrogens (tertiary/aromatic N) is 3. The molecule has 1 aliphatic rings. The highest BCUT2D eigenvalue weighted by atomic mass is 16.5. The van der Waals surface area contributed by atoms with Gasteiger partial charge in [-0.2, -0.15) is 10.2 Å². The summed E-state index contributed by atoms with van der Waals surface area (Å²) in [6, 6.07) is -0.172. The monoisotopic (exact) mass is 319 g/mol. The minimum Gasteiger partial charge on any atom is -0.482 e. The fourth-order valence-corrected chi connectivity index (χ4v) is 2.76. The summed E-state index contributed by atoms with van der Waals surface area (Å²) in [5.74, 6) is 0.583. The maximum absolute atomic E-state index is 12.4. The lowest BCUT2D eigenvalue weighted by Gasteiger charge is -2.19. The number of aromatic nitrogens is 4. The van der Waals surface area contributed by atoms with E-state index in [0.29, 0.717) is 25.4 Å². The van der Waals surface area contributed by atoms with E-state index in [-0.39, 0.29) is 18.1 Å². The highest BCUT2D eigenvalue weighted by Crippen LogP contribution is 2.16. The third-order valence-corrected chi connectivity index (χ3v) is 4.13. The van der Waals surface area contributed by atoms with E-state index in [1.54, 1.807) is 17.1 Å². The number of nitrogens with one attached hydrogen (secondary N) is 2. The highest BCUT2D eigenvalue weighted by molar-refractivity contribution is 5.79. The zero-order valence-corrected chi connectivity index (χ0v) is 13.5. The summed E-state index contributed by atoms with van der Waals surface area (Å²) in [7, 11) is 1.88. The lowest BCUT2D eigenvalue weighted by Crippen LogP contribution is -2.45. The largest absolute Gasteiger partial charge is 0.482 e. The Hall–Kier alpha value is -2.35. The molecule has 8 nitrogen and oxygen atoms in total. The first-order valence-corrected chi connectivity index (χ1v) is 7.56. The summed E-state index contributed by atoms with van der Waals surface area (Å²) in [5, 5.41) is 13.9. The number of hydrogen-bond acceptors (Lipinski definition) is 5. The van der Waals surface area contributed by atoms with E-state index in [1.165, 1.54) is 0 Å². The lowest BCUT2D eigenvalue weighted by molar-refractivity contribution is -0.121. The van der Waals surface area contributed by atoms with E-state index < -0.39 is 0 Å². The van der Waals surface area contributed by atoms with Crippen molar-refractivity contribution in [3.63, 3.8) is 0 Å². The second kappa shape index (κ2) is 6.41. The summed E-state index contributed by atoms with van der Waals surface area (Å²) in [5.41, 5.74) is 2.86. The van der Waals surface area contributed by atoms with Crippen molar-refractivity contribution in [2.75, 3.05) is 13.2 Å². The molecular weight excluding hydrogens is 298 g/mol. The molecule has 0 bridgehead atoms. The predicted molar refractivity (Wildman–Crippen MR) is 82.1 cm³/mol. The van der Waals surface area contributed by atoms with Gasteiger partial charge in [-0.25, -0.2) is 0 Å². The molecule has 0 aromatic carbocycles. The van der Waals surface area contributed by atoms with Crippen molar-refractivity contribution in [3.8, 4) is 5.75 Å². The van der Waals surface area contributed by atoms with Gasteiger partial charge in [-0.1, -0.05) is 0 Å². The summed E-state index contributed by atoms with van der Waals surface area (Å²) in [6.07, 6.45) is 3.35. The van der Waals surface area contributed by atoms with Gasteiger partial charge >= 0.3 is 0 Å². The summed E-state index contributed by atoms with van der Waals surface area (Å²) in [6.45, 7) is 4.77. The fraction of sp³-hybridized carbons (Fsp3) is 0.533. The Morgan fingerprint density at radius 2 is 2.35 bits per heavy atom. The predicted octanol–water partition coefficient (Wildman–Crippen LogP) is 0.265. The van der Waals surface area contributed by atoms with Crippen molar-refractivity contribution in [2.24, 2.45) is 7.05 Å². The van der Waals surface area contributed by atoms with Crippen molar-refractivity contribution in [1.82, 2.24) is 25.3 Å². The molecule has 0 radical (unpaired) electrons. The topological polar surface area (TPSA) is 94.1 Å². The number of amides is 1. The van der Waals surface area contributed by atoms with Crippen LogP contribution in [0.15, 0.2) is 12.4 Å². The molecule has 0 aliphatic carbocycles. The molecule has 0 unspecified atom stereocenters. The van der Waals surface area contributed by atoms with Crippen LogP contribution in [0.3, 0.4) is 0 Å². The van der Waals surface area contributed by atoms with Crippen LogP contribution in [0.5, 0.6) is 5.75 Å². The van der Waals surface area contributed by atoms with Gasteiger partial charge in [-0.3, -0.25) is 14.6 Å². The number of aryl methyl sites for hydroxylation is 2. The van der Waals surface area contributed by atoms with E-state index in [1.807, 2.05) is 20.9 Å². The molecule has 1 saturated heterocycles. The average Bonchev–Trinajstić information content (AvgIpc) is 3.21. The standard InChI is InChI=1S/C15H21N5O3/c1-9-12(10(2)20(3)19-9)4-15(21)18-13-7-22-8-14(13)23-11-5-16-17-6-11/h5-6,13-14H,4,7-8H2,1-3H3,(H,16,17)(H,18,21)/t13-,14+/m0/s1. The first kappa shape index (κ1) is 15.5. The first-order valence-electron chi connectivity index (χ1n) is 7.56. The minimum absolute atomic E-state index is 0.0551. The quantitative estimate of drug-likeness (QED) is 0.825. The van der Waals surface area contributed by atoms with Crippen LogP contribution in [0.4, 0.5) is 0 Å². The number of rotatable bonds is 5. The van der Waals surface area contributed by atoms with Crippen LogP contribution in [-0.4, -0.2) is 51.2 Å². The Labute approximate surface area is 134 Å². The number of aromatic amines is 1. The SMILES string of the molecule is Cc1nn(C)c(C)c1CC(=O)N[C@H]1COC[C@H]1Oc1cn[nH]c1. The molecule has 8 heteroatoms. The van der Waals surface area contributed by atoms with Crippen molar-refractivity contribution in [1.29, 1.82) is 0 Å². The van der Waals surface area contributed by atoms with Crippen molar-refractivity contribution in [3.05, 3.63) is 29.3 Å². The van der Waals surface area contributed by atoms with E-state index in [4.69, 9.17) is 9.47 Å². The summed E-state index contributed by atoms with van der Waals surface area (Å²) >= 11 is 0. The third kappa shape index (κ3) is 3.37. The molecule has 1 aliphatic heterocycles. The van der Waals surface area contributed by atoms with Gasteiger partial charge in [-0.15, -0.1) is 0 Å². The molecule has 1 fully saturated rings. The van der Waals surface area contributed by atoms with E-state index in [9.17, 15) is 4.79 Å². The highest BCUT2D eigenvalue weighted by Gasteiger charge is 2.32. The summed E-state index contributed by atoms with van der Waals surface area (Å²) in [4.78, 5) is 12.4. The number of H-pyrrole nitrogens is 1. The Bertz CT molecular complexity index is 680. The van der Waals surface area contributed by atoms with E-state index in [0.717, 1.165) is 17.0 Å². The Morgan fingerprint density at radius 1 is 1.52 bits per heavy atom. The van der Waals surface area contributed by atoms with Gasteiger partial charge in [0.05, 0.1) is 43.8 Å². The normalized spacial score (nSPS) is 20.7. The molecule has 3 rings (SSSR count). The molecule has 2 aromatic heterocycles. The molecule has 2 atom stereocenters. The van der Waals surface area contributed by atoms with E-state index in [2.05, 4.69) is 20.6 Å². The lowest BCUT2D eigenvalue weighted by atomic mass is 10.1. The minimum atomic E-state index is -0.215. The van der Waals surface area contributed by atoms with Crippen LogP contribution >= 0.6 is 0 Å². The molecule has 2 N–H and O–H groups in total. The summed E-state index contributed by atoms with van der Waals surface area (Å²) < 4.78 is 13.0. The third-order valence-electron chi connectivity index (χ3n) is 4.13. The Kier molecular flexibility index (Phi) is 4.33. The molecule has 2 aromatic rings. The van der Waals surface area contributed by atoms with Crippen LogP contribution in [0.25, 0.3) is 0 Å². The zero-order chi connectivity index (χ0) is 16.4. The van der Waals surface area contributed by atoms with Crippen LogP contribution in [0.2, 0.25) is 0 Å². The number of ether oxygens (including phenoxy) is 2. The Balaban J connectivity index is 1.60. The van der Waals surface area contributed by atoms with Crippen molar-refractivity contribution >= 4 is 5.91 Å². The molecule has 0 spiro atoms. The van der Waals surface area contributed by atoms with Crippen LogP contribution in [-0.2, 0) is 23.0 Å². The van der Waals surface area contributed by atoms with Gasteiger partial charge in [0.25, 0.3) is 0 Å². The van der Waals surface area contributed by atoms with Crippen molar-refractivity contribution in [2.45, 2.75) is 32.4 Å². The van der Waals surface area contributed by atoms with Gasteiger partial charge < -0.3 is 14.8 Å². The molecule has 0 saturated carbocycles. The van der Waals surface area contributed by atoms with Gasteiger partial charge in [0.2, 0.25) is 5.91 Å².